The first-order valence-corrected chi connectivity index (χ1v) is 10.1. The molecule has 1 amide bonds. The highest BCUT2D eigenvalue weighted by atomic mass is 35.5. The molecule has 0 saturated carbocycles. The van der Waals surface area contributed by atoms with Crippen LogP contribution in [0.2, 0.25) is 5.02 Å². The van der Waals surface area contributed by atoms with Crippen molar-refractivity contribution < 1.29 is 18.3 Å². The van der Waals surface area contributed by atoms with Crippen LogP contribution >= 0.6 is 23.4 Å². The van der Waals surface area contributed by atoms with Gasteiger partial charge in [-0.3, -0.25) is 9.36 Å². The van der Waals surface area contributed by atoms with E-state index in [1.807, 2.05) is 0 Å². The molecule has 1 heterocycles. The lowest BCUT2D eigenvalue weighted by Crippen LogP contribution is -2.16. The van der Waals surface area contributed by atoms with E-state index in [9.17, 15) is 13.6 Å². The highest BCUT2D eigenvalue weighted by molar-refractivity contribution is 7.99. The zero-order valence-corrected chi connectivity index (χ0v) is 17.2. The quantitative estimate of drug-likeness (QED) is 0.378. The van der Waals surface area contributed by atoms with Gasteiger partial charge in [-0.2, -0.15) is 0 Å². The normalized spacial score (nSPS) is 10.6. The molecular weight excluding hydrogens is 434 g/mol. The zero-order chi connectivity index (χ0) is 21.5. The third-order valence-electron chi connectivity index (χ3n) is 3.84. The molecule has 0 aliphatic heterocycles. The molecule has 0 spiro atoms. The van der Waals surface area contributed by atoms with Crippen molar-refractivity contribution >= 4 is 35.0 Å². The summed E-state index contributed by atoms with van der Waals surface area (Å²) < 4.78 is 34.1. The number of anilines is 1. The van der Waals surface area contributed by atoms with Gasteiger partial charge in [-0.1, -0.05) is 41.6 Å². The largest absolute Gasteiger partial charge is 0.484 e. The SMILES string of the molecule is C=CCn1c(COc2ccccc2Cl)nnc1SCC(=O)Nc1ccc(F)cc1F. The average Bonchev–Trinajstić information content (AvgIpc) is 3.10. The minimum atomic E-state index is -0.845. The molecule has 0 radical (unpaired) electrons. The van der Waals surface area contributed by atoms with E-state index in [1.54, 1.807) is 34.9 Å². The fourth-order valence-electron chi connectivity index (χ4n) is 2.46. The van der Waals surface area contributed by atoms with E-state index >= 15 is 0 Å². The molecule has 0 unspecified atom stereocenters. The summed E-state index contributed by atoms with van der Waals surface area (Å²) in [6, 6.07) is 10.00. The molecule has 0 atom stereocenters. The number of nitrogens with zero attached hydrogens (tertiary/aromatic N) is 3. The number of aromatic nitrogens is 3. The van der Waals surface area contributed by atoms with Crippen LogP contribution in [0.5, 0.6) is 5.75 Å². The summed E-state index contributed by atoms with van der Waals surface area (Å²) in [6.07, 6.45) is 1.67. The number of hydrogen-bond donors (Lipinski definition) is 1. The van der Waals surface area contributed by atoms with E-state index in [1.165, 1.54) is 0 Å². The maximum Gasteiger partial charge on any atom is 0.234 e. The zero-order valence-electron chi connectivity index (χ0n) is 15.6. The van der Waals surface area contributed by atoms with Crippen LogP contribution in [0.15, 0.2) is 60.3 Å². The Kier molecular flexibility index (Phi) is 7.42. The van der Waals surface area contributed by atoms with Gasteiger partial charge in [0.2, 0.25) is 5.91 Å². The third kappa shape index (κ3) is 5.58. The standard InChI is InChI=1S/C20H17ClF2N4O2S/c1-2-9-27-18(11-29-17-6-4-3-5-14(17)21)25-26-20(27)30-12-19(28)24-16-8-7-13(22)10-15(16)23/h2-8,10H,1,9,11-12H2,(H,24,28). The molecule has 1 N–H and O–H groups in total. The first-order chi connectivity index (χ1) is 14.5. The number of para-hydroxylation sites is 1. The number of thioether (sulfide) groups is 1. The third-order valence-corrected chi connectivity index (χ3v) is 5.12. The maximum absolute atomic E-state index is 13.7. The molecule has 3 rings (SSSR count). The second-order valence-electron chi connectivity index (χ2n) is 5.98. The number of rotatable bonds is 9. The van der Waals surface area contributed by atoms with Crippen molar-refractivity contribution in [3.63, 3.8) is 0 Å². The van der Waals surface area contributed by atoms with Crippen molar-refractivity contribution in [1.29, 1.82) is 0 Å². The monoisotopic (exact) mass is 450 g/mol. The molecule has 30 heavy (non-hydrogen) atoms. The van der Waals surface area contributed by atoms with Gasteiger partial charge in [0, 0.05) is 12.6 Å². The van der Waals surface area contributed by atoms with E-state index in [0.717, 1.165) is 23.9 Å². The molecule has 0 fully saturated rings. The lowest BCUT2D eigenvalue weighted by molar-refractivity contribution is -0.113. The number of allylic oxidation sites excluding steroid dienone is 1. The summed E-state index contributed by atoms with van der Waals surface area (Å²) >= 11 is 7.21. The van der Waals surface area contributed by atoms with Crippen LogP contribution in [-0.2, 0) is 17.9 Å². The van der Waals surface area contributed by atoms with Gasteiger partial charge in [0.1, 0.15) is 24.0 Å². The minimum absolute atomic E-state index is 0.0442. The highest BCUT2D eigenvalue weighted by Crippen LogP contribution is 2.25. The summed E-state index contributed by atoms with van der Waals surface area (Å²) in [4.78, 5) is 12.1. The first kappa shape index (κ1) is 21.8. The highest BCUT2D eigenvalue weighted by Gasteiger charge is 2.15. The van der Waals surface area contributed by atoms with Crippen molar-refractivity contribution in [2.75, 3.05) is 11.1 Å². The molecule has 0 saturated heterocycles. The van der Waals surface area contributed by atoms with Gasteiger partial charge in [-0.15, -0.1) is 16.8 Å². The Balaban J connectivity index is 1.63. The molecule has 10 heteroatoms. The lowest BCUT2D eigenvalue weighted by Gasteiger charge is -2.10. The maximum atomic E-state index is 13.7. The van der Waals surface area contributed by atoms with Gasteiger partial charge in [-0.25, -0.2) is 8.78 Å². The van der Waals surface area contributed by atoms with Crippen molar-refractivity contribution in [3.8, 4) is 5.75 Å². The molecule has 3 aromatic rings. The van der Waals surface area contributed by atoms with Crippen molar-refractivity contribution in [2.24, 2.45) is 0 Å². The average molecular weight is 451 g/mol. The number of amides is 1. The van der Waals surface area contributed by atoms with Gasteiger partial charge >= 0.3 is 0 Å². The summed E-state index contributed by atoms with van der Waals surface area (Å²) in [5, 5.41) is 11.6. The Bertz CT molecular complexity index is 1060. The second-order valence-corrected chi connectivity index (χ2v) is 7.33. The second kappa shape index (κ2) is 10.2. The van der Waals surface area contributed by atoms with E-state index in [4.69, 9.17) is 16.3 Å². The minimum Gasteiger partial charge on any atom is -0.484 e. The van der Waals surface area contributed by atoms with Crippen LogP contribution in [-0.4, -0.2) is 26.4 Å². The fourth-order valence-corrected chi connectivity index (χ4v) is 3.41. The van der Waals surface area contributed by atoms with Crippen LogP contribution in [0.25, 0.3) is 0 Å². The fraction of sp³-hybridized carbons (Fsp3) is 0.150. The van der Waals surface area contributed by atoms with E-state index < -0.39 is 17.5 Å². The molecule has 0 aliphatic rings. The smallest absolute Gasteiger partial charge is 0.234 e. The van der Waals surface area contributed by atoms with Gasteiger partial charge in [0.05, 0.1) is 16.5 Å². The van der Waals surface area contributed by atoms with Crippen LogP contribution in [0, 0.1) is 11.6 Å². The Morgan fingerprint density at radius 1 is 1.27 bits per heavy atom. The molecule has 0 bridgehead atoms. The van der Waals surface area contributed by atoms with E-state index in [0.29, 0.717) is 34.4 Å². The van der Waals surface area contributed by atoms with Crippen LogP contribution in [0.3, 0.4) is 0 Å². The summed E-state index contributed by atoms with van der Waals surface area (Å²) in [5.41, 5.74) is -0.0941. The van der Waals surface area contributed by atoms with Crippen LogP contribution in [0.1, 0.15) is 5.82 Å². The Hall–Kier alpha value is -2.91. The van der Waals surface area contributed by atoms with Gasteiger partial charge in [-0.05, 0) is 24.3 Å². The summed E-state index contributed by atoms with van der Waals surface area (Å²) in [6.45, 7) is 4.25. The number of halogens is 3. The van der Waals surface area contributed by atoms with Crippen LogP contribution in [0.4, 0.5) is 14.5 Å². The molecule has 2 aromatic carbocycles. The molecule has 6 nitrogen and oxygen atoms in total. The number of carbonyl (C=O) groups excluding carboxylic acids is 1. The predicted octanol–water partition coefficient (Wildman–Crippen LogP) is 4.71. The molecule has 0 aliphatic carbocycles. The van der Waals surface area contributed by atoms with Gasteiger partial charge in [0.25, 0.3) is 0 Å². The Labute approximate surface area is 180 Å². The molecule has 1 aromatic heterocycles. The van der Waals surface area contributed by atoms with Crippen molar-refractivity contribution in [2.45, 2.75) is 18.3 Å². The molecule has 156 valence electrons. The summed E-state index contributed by atoms with van der Waals surface area (Å²) in [5.74, 6) is -1.03. The van der Waals surface area contributed by atoms with E-state index in [2.05, 4.69) is 22.1 Å². The number of benzene rings is 2. The predicted molar refractivity (Wildman–Crippen MR) is 112 cm³/mol. The van der Waals surface area contributed by atoms with Gasteiger partial charge < -0.3 is 10.1 Å². The number of nitrogens with one attached hydrogen (secondary N) is 1. The Morgan fingerprint density at radius 2 is 2.07 bits per heavy atom. The Morgan fingerprint density at radius 3 is 2.80 bits per heavy atom. The first-order valence-electron chi connectivity index (χ1n) is 8.76. The van der Waals surface area contributed by atoms with Crippen LogP contribution < -0.4 is 10.1 Å². The van der Waals surface area contributed by atoms with Crippen molar-refractivity contribution in [3.05, 3.63) is 77.6 Å². The number of ether oxygens (including phenoxy) is 1. The number of carbonyl (C=O) groups is 1. The molecular formula is C20H17ClF2N4O2S. The van der Waals surface area contributed by atoms with Crippen molar-refractivity contribution in [1.82, 2.24) is 14.8 Å². The summed E-state index contributed by atoms with van der Waals surface area (Å²) in [7, 11) is 0. The lowest BCUT2D eigenvalue weighted by atomic mass is 10.3. The van der Waals surface area contributed by atoms with E-state index in [-0.39, 0.29) is 18.0 Å². The topological polar surface area (TPSA) is 69.0 Å². The number of hydrogen-bond acceptors (Lipinski definition) is 5. The van der Waals surface area contributed by atoms with Gasteiger partial charge in [0.15, 0.2) is 11.0 Å².